The monoisotopic (exact) mass is 239 g/mol. The molecule has 0 radical (unpaired) electrons. The third kappa shape index (κ3) is 2.10. The van der Waals surface area contributed by atoms with Crippen LogP contribution < -0.4 is 21.5 Å². The summed E-state index contributed by atoms with van der Waals surface area (Å²) in [6, 6.07) is 0.312. The maximum atomic E-state index is 12.0. The highest BCUT2D eigenvalue weighted by molar-refractivity contribution is 5.35. The van der Waals surface area contributed by atoms with Crippen molar-refractivity contribution >= 4 is 5.82 Å². The second-order valence-corrected chi connectivity index (χ2v) is 4.40. The smallest absolute Gasteiger partial charge is 0.346 e. The molecule has 17 heavy (non-hydrogen) atoms. The van der Waals surface area contributed by atoms with Gasteiger partial charge in [-0.3, -0.25) is 9.36 Å². The summed E-state index contributed by atoms with van der Waals surface area (Å²) in [5, 5.41) is 7.36. The van der Waals surface area contributed by atoms with Crippen molar-refractivity contribution in [3.05, 3.63) is 20.8 Å². The molecule has 0 amide bonds. The number of hydrogen-bond acceptors (Lipinski definition) is 5. The topological polar surface area (TPSA) is 72.2 Å². The summed E-state index contributed by atoms with van der Waals surface area (Å²) in [6.45, 7) is 4.32. The molecule has 0 aliphatic carbocycles. The summed E-state index contributed by atoms with van der Waals surface area (Å²) >= 11 is 0. The molecule has 2 heterocycles. The van der Waals surface area contributed by atoms with Crippen LogP contribution in [0.15, 0.2) is 9.59 Å². The lowest BCUT2D eigenvalue weighted by molar-refractivity contribution is 0.472. The largest absolute Gasteiger partial charge is 0.348 e. The molecule has 1 aliphatic rings. The van der Waals surface area contributed by atoms with Crippen LogP contribution in [-0.4, -0.2) is 40.0 Å². The van der Waals surface area contributed by atoms with E-state index < -0.39 is 5.69 Å². The van der Waals surface area contributed by atoms with Crippen LogP contribution in [0.25, 0.3) is 0 Å². The number of aromatic nitrogens is 3. The van der Waals surface area contributed by atoms with Gasteiger partial charge in [0.25, 0.3) is 5.56 Å². The van der Waals surface area contributed by atoms with Gasteiger partial charge in [-0.1, -0.05) is 0 Å². The third-order valence-electron chi connectivity index (χ3n) is 2.97. The Labute approximate surface area is 98.7 Å². The van der Waals surface area contributed by atoms with Gasteiger partial charge in [0.1, 0.15) is 0 Å². The van der Waals surface area contributed by atoms with Crippen molar-refractivity contribution in [3.63, 3.8) is 0 Å². The summed E-state index contributed by atoms with van der Waals surface area (Å²) in [6.07, 6.45) is 0. The number of nitrogens with one attached hydrogen (secondary N) is 1. The molecule has 0 aromatic carbocycles. The summed E-state index contributed by atoms with van der Waals surface area (Å²) < 4.78 is 2.29. The Balaban J connectivity index is 2.45. The quantitative estimate of drug-likeness (QED) is 0.631. The van der Waals surface area contributed by atoms with Crippen LogP contribution in [0.3, 0.4) is 0 Å². The fraction of sp³-hybridized carbons (Fsp3) is 0.700. The van der Waals surface area contributed by atoms with Crippen molar-refractivity contribution < 1.29 is 0 Å². The zero-order valence-electron chi connectivity index (χ0n) is 10.3. The predicted molar refractivity (Wildman–Crippen MR) is 64.4 cm³/mol. The molecule has 94 valence electrons. The second-order valence-electron chi connectivity index (χ2n) is 4.40. The maximum Gasteiger partial charge on any atom is 0.346 e. The van der Waals surface area contributed by atoms with E-state index >= 15 is 0 Å². The van der Waals surface area contributed by atoms with Gasteiger partial charge in [-0.05, 0) is 6.92 Å². The van der Waals surface area contributed by atoms with Crippen LogP contribution in [-0.2, 0) is 14.1 Å². The van der Waals surface area contributed by atoms with E-state index in [2.05, 4.69) is 17.3 Å². The number of nitrogens with zero attached hydrogens (tertiary/aromatic N) is 4. The van der Waals surface area contributed by atoms with E-state index in [0.717, 1.165) is 24.2 Å². The summed E-state index contributed by atoms with van der Waals surface area (Å²) in [5.74, 6) is 0.350. The molecule has 0 spiro atoms. The minimum atomic E-state index is -0.401. The Bertz CT molecular complexity index is 532. The van der Waals surface area contributed by atoms with E-state index in [1.807, 2.05) is 4.90 Å². The highest BCUT2D eigenvalue weighted by Crippen LogP contribution is 2.05. The molecule has 7 heteroatoms. The van der Waals surface area contributed by atoms with E-state index in [9.17, 15) is 9.59 Å². The minimum Gasteiger partial charge on any atom is -0.348 e. The lowest BCUT2D eigenvalue weighted by Gasteiger charge is -2.32. The Morgan fingerprint density at radius 1 is 1.35 bits per heavy atom. The van der Waals surface area contributed by atoms with Crippen molar-refractivity contribution in [2.45, 2.75) is 13.0 Å². The van der Waals surface area contributed by atoms with Gasteiger partial charge >= 0.3 is 5.69 Å². The number of hydrogen-bond donors (Lipinski definition) is 1. The lowest BCUT2D eigenvalue weighted by atomic mass is 10.2. The van der Waals surface area contributed by atoms with Crippen LogP contribution in [0.5, 0.6) is 0 Å². The standard InChI is InChI=1S/C10H17N5O2/c1-7-6-15(5-4-11-7)8-9(16)13(2)10(17)14(3)12-8/h7,11H,4-6H2,1-3H3/t7-/m0/s1. The Morgan fingerprint density at radius 3 is 2.71 bits per heavy atom. The molecule has 1 aromatic heterocycles. The highest BCUT2D eigenvalue weighted by atomic mass is 16.2. The molecular formula is C10H17N5O2. The van der Waals surface area contributed by atoms with Crippen molar-refractivity contribution in [1.82, 2.24) is 19.7 Å². The molecule has 0 unspecified atom stereocenters. The first-order valence-corrected chi connectivity index (χ1v) is 5.63. The van der Waals surface area contributed by atoms with Gasteiger partial charge in [-0.15, -0.1) is 5.10 Å². The number of piperazine rings is 1. The zero-order valence-corrected chi connectivity index (χ0v) is 10.3. The van der Waals surface area contributed by atoms with Crippen LogP contribution in [0.2, 0.25) is 0 Å². The minimum absolute atomic E-state index is 0.312. The van der Waals surface area contributed by atoms with Crippen molar-refractivity contribution in [1.29, 1.82) is 0 Å². The molecular weight excluding hydrogens is 222 g/mol. The molecule has 1 saturated heterocycles. The molecule has 0 bridgehead atoms. The molecule has 1 atom stereocenters. The molecule has 1 fully saturated rings. The molecule has 0 saturated carbocycles. The van der Waals surface area contributed by atoms with E-state index in [-0.39, 0.29) is 5.56 Å². The van der Waals surface area contributed by atoms with E-state index in [1.165, 1.54) is 11.7 Å². The Hall–Kier alpha value is -1.63. The van der Waals surface area contributed by atoms with Crippen molar-refractivity contribution in [2.75, 3.05) is 24.5 Å². The van der Waals surface area contributed by atoms with Gasteiger partial charge in [0.15, 0.2) is 0 Å². The van der Waals surface area contributed by atoms with E-state index in [0.29, 0.717) is 11.9 Å². The Morgan fingerprint density at radius 2 is 2.06 bits per heavy atom. The average Bonchev–Trinajstić information content (AvgIpc) is 2.31. The zero-order chi connectivity index (χ0) is 12.6. The molecule has 1 N–H and O–H groups in total. The first-order valence-electron chi connectivity index (χ1n) is 5.63. The van der Waals surface area contributed by atoms with Crippen LogP contribution >= 0.6 is 0 Å². The number of rotatable bonds is 1. The molecule has 2 rings (SSSR count). The second kappa shape index (κ2) is 4.33. The lowest BCUT2D eigenvalue weighted by Crippen LogP contribution is -2.52. The summed E-state index contributed by atoms with van der Waals surface area (Å²) in [4.78, 5) is 25.4. The summed E-state index contributed by atoms with van der Waals surface area (Å²) in [5.41, 5.74) is -0.732. The number of anilines is 1. The first kappa shape index (κ1) is 11.8. The highest BCUT2D eigenvalue weighted by Gasteiger charge is 2.21. The summed E-state index contributed by atoms with van der Waals surface area (Å²) in [7, 11) is 3.03. The fourth-order valence-electron chi connectivity index (χ4n) is 2.00. The van der Waals surface area contributed by atoms with Crippen LogP contribution in [0.1, 0.15) is 6.92 Å². The first-order chi connectivity index (χ1) is 8.00. The van der Waals surface area contributed by atoms with Gasteiger partial charge < -0.3 is 10.2 Å². The van der Waals surface area contributed by atoms with Gasteiger partial charge in [0, 0.05) is 39.8 Å². The van der Waals surface area contributed by atoms with Gasteiger partial charge in [0.05, 0.1) is 0 Å². The number of aryl methyl sites for hydroxylation is 1. The van der Waals surface area contributed by atoms with Crippen LogP contribution in [0, 0.1) is 0 Å². The normalized spacial score (nSPS) is 20.6. The van der Waals surface area contributed by atoms with Crippen molar-refractivity contribution in [2.24, 2.45) is 14.1 Å². The van der Waals surface area contributed by atoms with E-state index in [4.69, 9.17) is 0 Å². The Kier molecular flexibility index (Phi) is 3.01. The van der Waals surface area contributed by atoms with Crippen molar-refractivity contribution in [3.8, 4) is 0 Å². The fourth-order valence-corrected chi connectivity index (χ4v) is 2.00. The van der Waals surface area contributed by atoms with Gasteiger partial charge in [0.2, 0.25) is 5.82 Å². The molecule has 1 aromatic rings. The third-order valence-corrected chi connectivity index (χ3v) is 2.97. The van der Waals surface area contributed by atoms with E-state index in [1.54, 1.807) is 7.05 Å². The SMILES string of the molecule is C[C@H]1CN(c2nn(C)c(=O)n(C)c2=O)CCN1. The van der Waals surface area contributed by atoms with Gasteiger partial charge in [-0.25, -0.2) is 9.48 Å². The van der Waals surface area contributed by atoms with Gasteiger partial charge in [-0.2, -0.15) is 0 Å². The molecule has 1 aliphatic heterocycles. The molecule has 7 nitrogen and oxygen atoms in total. The predicted octanol–water partition coefficient (Wildman–Crippen LogP) is -1.72. The van der Waals surface area contributed by atoms with Crippen LogP contribution in [0.4, 0.5) is 5.82 Å². The average molecular weight is 239 g/mol. The maximum absolute atomic E-state index is 12.0.